The van der Waals surface area contributed by atoms with Crippen LogP contribution in [0.5, 0.6) is 17.2 Å². The number of benzene rings is 5. The molecule has 0 saturated carbocycles. The molecule has 1 aliphatic heterocycles. The molecule has 1 heterocycles. The van der Waals surface area contributed by atoms with Crippen LogP contribution in [-0.4, -0.2) is 35.3 Å². The van der Waals surface area contributed by atoms with Crippen LogP contribution in [0.25, 0.3) is 6.08 Å². The predicted octanol–water partition coefficient (Wildman–Crippen LogP) is 21.7. The maximum Gasteiger partial charge on any atom is 0.127 e. The minimum Gasteiger partial charge on any atom is -0.490 e. The number of hydrogen-bond donors (Lipinski definition) is 0. The number of nitrogens with zero attached hydrogens (tertiary/aromatic N) is 2. The summed E-state index contributed by atoms with van der Waals surface area (Å²) >= 11 is 0. The van der Waals surface area contributed by atoms with E-state index in [0.29, 0.717) is 12.8 Å². The van der Waals surface area contributed by atoms with Gasteiger partial charge in [0.1, 0.15) is 29.2 Å². The van der Waals surface area contributed by atoms with Gasteiger partial charge in [0.15, 0.2) is 0 Å². The van der Waals surface area contributed by atoms with E-state index >= 15 is 8.78 Å². The van der Waals surface area contributed by atoms with Crippen LogP contribution in [0.4, 0.5) is 14.5 Å². The number of anilines is 1. The molecule has 12 atom stereocenters. The maximum absolute atomic E-state index is 15.5. The van der Waals surface area contributed by atoms with E-state index in [0.717, 1.165) is 105 Å². The minimum atomic E-state index is -0.673. The van der Waals surface area contributed by atoms with Crippen LogP contribution >= 0.6 is 0 Å². The molecule has 5 aromatic rings. The molecule has 1 saturated heterocycles. The summed E-state index contributed by atoms with van der Waals surface area (Å²) in [6.07, 6.45) is 64.2. The van der Waals surface area contributed by atoms with Gasteiger partial charge in [-0.05, 0) is 230 Å². The Morgan fingerprint density at radius 3 is 1.93 bits per heavy atom. The van der Waals surface area contributed by atoms with Crippen molar-refractivity contribution in [1.82, 2.24) is 4.90 Å². The fourth-order valence-corrected chi connectivity index (χ4v) is 19.4. The van der Waals surface area contributed by atoms with Gasteiger partial charge in [-0.2, -0.15) is 0 Å². The Morgan fingerprint density at radius 2 is 1.26 bits per heavy atom. The fraction of sp³-hybridized carbons (Fsp3) is 0.289. The molecule has 0 amide bonds. The van der Waals surface area contributed by atoms with Crippen molar-refractivity contribution in [3.8, 4) is 17.2 Å². The van der Waals surface area contributed by atoms with Crippen molar-refractivity contribution >= 4 is 11.8 Å². The van der Waals surface area contributed by atoms with Crippen molar-refractivity contribution in [2.24, 2.45) is 23.7 Å². The molecule has 0 spiro atoms. The highest BCUT2D eigenvalue weighted by Crippen LogP contribution is 2.65. The molecule has 5 aromatic carbocycles. The van der Waals surface area contributed by atoms with Gasteiger partial charge in [-0.25, -0.2) is 8.78 Å². The molecule has 0 bridgehead atoms. The van der Waals surface area contributed by atoms with E-state index in [1.165, 1.54) is 72.9 Å². The number of rotatable bonds is 16. The molecule has 11 aliphatic carbocycles. The molecule has 12 unspecified atom stereocenters. The third-order valence-electron chi connectivity index (χ3n) is 23.6. The SMILES string of the molecule is C=CC1=CCC(Oc2ccc(C3(c4ccc(F)cc4)C4=C(CCC(N(C5=CC=CC6OC7C=CC=C(N(c8ccc9c(c8)C(c8ccc(Oc%10ccc(C=C)cc%10)cc8)(C8CC=C(F)CC8)C8CCC=CC98)C8C=CC=CC8)C7C56)C5C=CC=CC5)=C4)C4=C3CCC=C4)cc2)CC1. The summed E-state index contributed by atoms with van der Waals surface area (Å²) in [4.78, 5) is 5.41. The first-order valence-corrected chi connectivity index (χ1v) is 35.8. The van der Waals surface area contributed by atoms with Crippen LogP contribution in [-0.2, 0) is 15.6 Å². The second-order valence-electron chi connectivity index (χ2n) is 28.5. The first kappa shape index (κ1) is 61.3. The molecule has 486 valence electrons. The number of ether oxygens (including phenoxy) is 3. The number of fused-ring (bicyclic) bond motifs is 7. The Morgan fingerprint density at radius 1 is 0.567 bits per heavy atom. The number of halogens is 2. The minimum absolute atomic E-state index is 0.00630. The smallest absolute Gasteiger partial charge is 0.127 e. The highest BCUT2D eigenvalue weighted by atomic mass is 19.1. The highest BCUT2D eigenvalue weighted by Gasteiger charge is 2.58. The molecule has 97 heavy (non-hydrogen) atoms. The molecule has 17 rings (SSSR count). The summed E-state index contributed by atoms with van der Waals surface area (Å²) in [5.41, 5.74) is 17.9. The van der Waals surface area contributed by atoms with Crippen LogP contribution in [0.2, 0.25) is 0 Å². The van der Waals surface area contributed by atoms with E-state index < -0.39 is 10.8 Å². The standard InChI is InChI=1S/C90H84F2N2O3/c1-3-59-29-47-71(48-30-59)95-73-51-37-63(38-52-73)89(61-33-41-65(91)42-34-61)79-23-13-11-21-75(79)77-55-45-69(57-81(77)89)93(67-17-7-5-8-18-67)83-25-15-27-85-87(83)88-84(26-16-28-86(88)97-85)94(68-19-9-6-10-20-68)70-46-56-78-76-22-12-14-24-80(76)90(82(78)58-70,62-35-43-66(92)44-36-62)64-39-53-74(54-40-64)96-72-49-31-60(4-2)32-50-72/h3-12,15-17,19,21-22,25-31,35-41,43-45,47-48,51-55,57-58,61,67-68,72,75,79,85-88H,1-2,13-14,18,20,23-24,32-34,42,46,49-50,56H2. The third kappa shape index (κ3) is 10.6. The summed E-state index contributed by atoms with van der Waals surface area (Å²) < 4.78 is 51.6. The Hall–Kier alpha value is -9.30. The normalized spacial score (nSPS) is 30.0. The van der Waals surface area contributed by atoms with E-state index in [1.54, 1.807) is 12.1 Å². The maximum atomic E-state index is 15.5. The van der Waals surface area contributed by atoms with Crippen molar-refractivity contribution in [1.29, 1.82) is 0 Å². The first-order chi connectivity index (χ1) is 47.8. The van der Waals surface area contributed by atoms with E-state index in [1.807, 2.05) is 54.6 Å². The second-order valence-corrected chi connectivity index (χ2v) is 28.5. The van der Waals surface area contributed by atoms with Crippen LogP contribution in [0.15, 0.2) is 313 Å². The molecule has 7 heteroatoms. The average molecular weight is 1280 g/mol. The van der Waals surface area contributed by atoms with Crippen molar-refractivity contribution < 1.29 is 23.0 Å². The van der Waals surface area contributed by atoms with Crippen molar-refractivity contribution in [3.05, 3.63) is 352 Å². The van der Waals surface area contributed by atoms with Crippen molar-refractivity contribution in [2.75, 3.05) is 4.90 Å². The topological polar surface area (TPSA) is 34.2 Å². The average Bonchev–Trinajstić information content (AvgIpc) is 1.54. The third-order valence-corrected chi connectivity index (χ3v) is 23.6. The van der Waals surface area contributed by atoms with Gasteiger partial charge in [-0.3, -0.25) is 0 Å². The zero-order valence-corrected chi connectivity index (χ0v) is 55.2. The van der Waals surface area contributed by atoms with Gasteiger partial charge in [0, 0.05) is 52.4 Å². The predicted molar refractivity (Wildman–Crippen MR) is 389 cm³/mol. The molecule has 12 aliphatic rings. The van der Waals surface area contributed by atoms with Gasteiger partial charge < -0.3 is 24.0 Å². The lowest BCUT2D eigenvalue weighted by molar-refractivity contribution is 0.0838. The van der Waals surface area contributed by atoms with Crippen LogP contribution in [0, 0.1) is 29.5 Å². The zero-order valence-electron chi connectivity index (χ0n) is 55.2. The van der Waals surface area contributed by atoms with Gasteiger partial charge in [0.2, 0.25) is 0 Å². The number of allylic oxidation sites excluding steroid dienone is 22. The lowest BCUT2D eigenvalue weighted by Crippen LogP contribution is -2.45. The van der Waals surface area contributed by atoms with Crippen molar-refractivity contribution in [2.45, 2.75) is 137 Å². The van der Waals surface area contributed by atoms with E-state index in [4.69, 9.17) is 14.2 Å². The van der Waals surface area contributed by atoms with Crippen LogP contribution in [0.1, 0.15) is 129 Å². The Kier molecular flexibility index (Phi) is 16.2. The molecule has 1 fully saturated rings. The summed E-state index contributed by atoms with van der Waals surface area (Å²) in [5, 5.41) is 0. The van der Waals surface area contributed by atoms with Crippen LogP contribution in [0.3, 0.4) is 0 Å². The Bertz CT molecular complexity index is 4460. The summed E-state index contributed by atoms with van der Waals surface area (Å²) in [6, 6.07) is 40.9. The molecule has 0 N–H and O–H groups in total. The zero-order chi connectivity index (χ0) is 65.2. The summed E-state index contributed by atoms with van der Waals surface area (Å²) in [7, 11) is 0. The Balaban J connectivity index is 0.774. The van der Waals surface area contributed by atoms with Gasteiger partial charge in [0.05, 0.1) is 35.5 Å². The van der Waals surface area contributed by atoms with E-state index in [9.17, 15) is 0 Å². The lowest BCUT2D eigenvalue weighted by atomic mass is 9.56. The number of hydrogen-bond acceptors (Lipinski definition) is 5. The largest absolute Gasteiger partial charge is 0.490 e. The fourth-order valence-electron chi connectivity index (χ4n) is 19.4. The van der Waals surface area contributed by atoms with Crippen LogP contribution < -0.4 is 14.4 Å². The molecular formula is C90H84F2N2O3. The molecule has 5 nitrogen and oxygen atoms in total. The Labute approximate surface area is 571 Å². The first-order valence-electron chi connectivity index (χ1n) is 35.8. The quantitative estimate of drug-likeness (QED) is 0.0920. The molecular weight excluding hydrogens is 1190 g/mol. The lowest BCUT2D eigenvalue weighted by Gasteiger charge is -2.47. The second kappa shape index (κ2) is 25.6. The molecule has 0 aromatic heterocycles. The summed E-state index contributed by atoms with van der Waals surface area (Å²) in [5.74, 6) is 2.78. The summed E-state index contributed by atoms with van der Waals surface area (Å²) in [6.45, 7) is 7.97. The van der Waals surface area contributed by atoms with Gasteiger partial charge >= 0.3 is 0 Å². The van der Waals surface area contributed by atoms with Crippen molar-refractivity contribution in [3.63, 3.8) is 0 Å². The van der Waals surface area contributed by atoms with Gasteiger partial charge in [-0.1, -0.05) is 195 Å². The van der Waals surface area contributed by atoms with Gasteiger partial charge in [0.25, 0.3) is 0 Å². The van der Waals surface area contributed by atoms with E-state index in [-0.39, 0.29) is 71.6 Å². The highest BCUT2D eigenvalue weighted by molar-refractivity contribution is 5.75. The van der Waals surface area contributed by atoms with Gasteiger partial charge in [-0.15, -0.1) is 0 Å². The molecule has 0 radical (unpaired) electrons. The van der Waals surface area contributed by atoms with E-state index in [2.05, 4.69) is 211 Å². The monoisotopic (exact) mass is 1280 g/mol.